The van der Waals surface area contributed by atoms with E-state index in [0.29, 0.717) is 11.5 Å². The summed E-state index contributed by atoms with van der Waals surface area (Å²) in [6, 6.07) is 1.91. The second-order valence-corrected chi connectivity index (χ2v) is 3.44. The van der Waals surface area contributed by atoms with Crippen LogP contribution in [0, 0.1) is 13.8 Å². The third kappa shape index (κ3) is 2.23. The molecule has 4 heteroatoms. The minimum Gasteiger partial charge on any atom is -0.493 e. The molecule has 86 valence electrons. The molecule has 0 unspecified atom stereocenters. The summed E-state index contributed by atoms with van der Waals surface area (Å²) in [5.74, 6) is 1.28. The topological polar surface area (TPSA) is 47.9 Å². The molecule has 1 aromatic rings. The molecule has 0 fully saturated rings. The van der Waals surface area contributed by atoms with Crippen molar-refractivity contribution in [3.63, 3.8) is 0 Å². The fourth-order valence-corrected chi connectivity index (χ4v) is 1.60. The molecule has 0 atom stereocenters. The van der Waals surface area contributed by atoms with Crippen molar-refractivity contribution in [3.05, 3.63) is 22.8 Å². The summed E-state index contributed by atoms with van der Waals surface area (Å²) in [4.78, 5) is 13.8. The van der Waals surface area contributed by atoms with Crippen molar-refractivity contribution >= 4 is 6.08 Å². The quantitative estimate of drug-likeness (QED) is 0.578. The third-order valence-electron chi connectivity index (χ3n) is 2.62. The molecule has 0 aliphatic carbocycles. The van der Waals surface area contributed by atoms with E-state index in [1.54, 1.807) is 14.2 Å². The van der Waals surface area contributed by atoms with Crippen molar-refractivity contribution in [2.75, 3.05) is 14.2 Å². The van der Waals surface area contributed by atoms with Gasteiger partial charge in [0.1, 0.15) is 0 Å². The Hall–Kier alpha value is -1.80. The highest BCUT2D eigenvalue weighted by atomic mass is 16.5. The van der Waals surface area contributed by atoms with Gasteiger partial charge in [-0.2, -0.15) is 0 Å². The van der Waals surface area contributed by atoms with Gasteiger partial charge in [0, 0.05) is 5.56 Å². The number of nitrogens with zero attached hydrogens (tertiary/aromatic N) is 1. The van der Waals surface area contributed by atoms with E-state index in [2.05, 4.69) is 4.99 Å². The number of carbonyl (C=O) groups excluding carboxylic acids is 1. The highest BCUT2D eigenvalue weighted by molar-refractivity contribution is 5.54. The maximum Gasteiger partial charge on any atom is 0.235 e. The summed E-state index contributed by atoms with van der Waals surface area (Å²) >= 11 is 0. The number of aliphatic imine (C=N–C) groups is 1. The number of hydrogen-bond donors (Lipinski definition) is 0. The molecular weight excluding hydrogens is 206 g/mol. The van der Waals surface area contributed by atoms with Crippen molar-refractivity contribution in [1.29, 1.82) is 0 Å². The lowest BCUT2D eigenvalue weighted by Gasteiger charge is -2.15. The monoisotopic (exact) mass is 221 g/mol. The number of methoxy groups -OCH3 is 2. The van der Waals surface area contributed by atoms with Crippen LogP contribution in [0.1, 0.15) is 16.7 Å². The number of aryl methyl sites for hydroxylation is 1. The van der Waals surface area contributed by atoms with Crippen LogP contribution >= 0.6 is 0 Å². The third-order valence-corrected chi connectivity index (χ3v) is 2.62. The van der Waals surface area contributed by atoms with Gasteiger partial charge in [-0.3, -0.25) is 0 Å². The molecule has 0 spiro atoms. The number of isocyanates is 1. The summed E-state index contributed by atoms with van der Waals surface area (Å²) in [6.45, 7) is 4.20. The van der Waals surface area contributed by atoms with E-state index in [1.807, 2.05) is 19.9 Å². The van der Waals surface area contributed by atoms with E-state index >= 15 is 0 Å². The van der Waals surface area contributed by atoms with Crippen molar-refractivity contribution in [3.8, 4) is 11.5 Å². The van der Waals surface area contributed by atoms with E-state index in [9.17, 15) is 4.79 Å². The Morgan fingerprint density at radius 2 is 2.00 bits per heavy atom. The average molecular weight is 221 g/mol. The fraction of sp³-hybridized carbons (Fsp3) is 0.417. The van der Waals surface area contributed by atoms with Gasteiger partial charge in [0.2, 0.25) is 6.08 Å². The standard InChI is InChI=1S/C12H15NO3/c1-8-5-11(15-3)12(16-4)10(9(8)2)6-13-7-14/h5H,6H2,1-4H3. The Morgan fingerprint density at radius 1 is 1.31 bits per heavy atom. The van der Waals surface area contributed by atoms with Crippen LogP contribution < -0.4 is 9.47 Å². The Kier molecular flexibility index (Phi) is 4.09. The molecule has 0 saturated heterocycles. The van der Waals surface area contributed by atoms with Gasteiger partial charge < -0.3 is 9.47 Å². The summed E-state index contributed by atoms with van der Waals surface area (Å²) < 4.78 is 10.5. The molecular formula is C12H15NO3. The Labute approximate surface area is 94.9 Å². The minimum absolute atomic E-state index is 0.260. The first-order valence-corrected chi connectivity index (χ1v) is 4.90. The summed E-state index contributed by atoms with van der Waals surface area (Å²) in [5, 5.41) is 0. The summed E-state index contributed by atoms with van der Waals surface area (Å²) in [6.07, 6.45) is 1.53. The van der Waals surface area contributed by atoms with Crippen molar-refractivity contribution in [1.82, 2.24) is 0 Å². The zero-order valence-corrected chi connectivity index (χ0v) is 9.96. The Bertz CT molecular complexity index is 434. The Balaban J connectivity index is 3.39. The van der Waals surface area contributed by atoms with Crippen molar-refractivity contribution in [2.45, 2.75) is 20.4 Å². The van der Waals surface area contributed by atoms with Gasteiger partial charge in [0.25, 0.3) is 0 Å². The van der Waals surface area contributed by atoms with Crippen LogP contribution in [-0.4, -0.2) is 20.3 Å². The molecule has 0 heterocycles. The van der Waals surface area contributed by atoms with Crippen LogP contribution in [0.4, 0.5) is 0 Å². The number of ether oxygens (including phenoxy) is 2. The molecule has 0 aliphatic rings. The smallest absolute Gasteiger partial charge is 0.235 e. The van der Waals surface area contributed by atoms with Gasteiger partial charge >= 0.3 is 0 Å². The first-order chi connectivity index (χ1) is 7.65. The van der Waals surface area contributed by atoms with E-state index in [4.69, 9.17) is 9.47 Å². The lowest BCUT2D eigenvalue weighted by Crippen LogP contribution is -2.00. The van der Waals surface area contributed by atoms with Crippen LogP contribution in [0.5, 0.6) is 11.5 Å². The predicted octanol–water partition coefficient (Wildman–Crippen LogP) is 2.16. The van der Waals surface area contributed by atoms with Crippen molar-refractivity contribution < 1.29 is 14.3 Å². The lowest BCUT2D eigenvalue weighted by atomic mass is 10.0. The van der Waals surface area contributed by atoms with Gasteiger partial charge in [-0.1, -0.05) is 0 Å². The van der Waals surface area contributed by atoms with Gasteiger partial charge in [0.05, 0.1) is 20.8 Å². The summed E-state index contributed by atoms with van der Waals surface area (Å²) in [5.41, 5.74) is 2.99. The van der Waals surface area contributed by atoms with Gasteiger partial charge in [-0.05, 0) is 31.0 Å². The maximum atomic E-state index is 10.2. The minimum atomic E-state index is 0.260. The first-order valence-electron chi connectivity index (χ1n) is 4.90. The van der Waals surface area contributed by atoms with Crippen LogP contribution in [0.2, 0.25) is 0 Å². The maximum absolute atomic E-state index is 10.2. The highest BCUT2D eigenvalue weighted by Gasteiger charge is 2.14. The van der Waals surface area contributed by atoms with Crippen LogP contribution in [0.3, 0.4) is 0 Å². The predicted molar refractivity (Wildman–Crippen MR) is 60.8 cm³/mol. The molecule has 0 N–H and O–H groups in total. The Morgan fingerprint density at radius 3 is 2.50 bits per heavy atom. The van der Waals surface area contributed by atoms with Gasteiger partial charge in [-0.15, -0.1) is 0 Å². The molecule has 1 aromatic carbocycles. The average Bonchev–Trinajstić information content (AvgIpc) is 2.30. The van der Waals surface area contributed by atoms with E-state index in [1.165, 1.54) is 6.08 Å². The molecule has 1 rings (SSSR count). The number of benzene rings is 1. The first kappa shape index (κ1) is 12.3. The molecule has 4 nitrogen and oxygen atoms in total. The largest absolute Gasteiger partial charge is 0.493 e. The van der Waals surface area contributed by atoms with Gasteiger partial charge in [0.15, 0.2) is 11.5 Å². The summed E-state index contributed by atoms with van der Waals surface area (Å²) in [7, 11) is 3.15. The lowest BCUT2D eigenvalue weighted by molar-refractivity contribution is 0.351. The number of hydrogen-bond acceptors (Lipinski definition) is 4. The molecule has 0 radical (unpaired) electrons. The highest BCUT2D eigenvalue weighted by Crippen LogP contribution is 2.35. The number of rotatable bonds is 4. The van der Waals surface area contributed by atoms with E-state index in [-0.39, 0.29) is 6.54 Å². The van der Waals surface area contributed by atoms with Crippen LogP contribution in [0.15, 0.2) is 11.1 Å². The second-order valence-electron chi connectivity index (χ2n) is 3.44. The molecule has 0 bridgehead atoms. The zero-order valence-electron chi connectivity index (χ0n) is 9.96. The van der Waals surface area contributed by atoms with Gasteiger partial charge in [-0.25, -0.2) is 9.79 Å². The molecule has 0 aliphatic heterocycles. The molecule has 16 heavy (non-hydrogen) atoms. The molecule has 0 aromatic heterocycles. The zero-order chi connectivity index (χ0) is 12.1. The van der Waals surface area contributed by atoms with Crippen LogP contribution in [-0.2, 0) is 11.3 Å². The molecule has 0 amide bonds. The normalized spacial score (nSPS) is 9.50. The fourth-order valence-electron chi connectivity index (χ4n) is 1.60. The van der Waals surface area contributed by atoms with Crippen molar-refractivity contribution in [2.24, 2.45) is 4.99 Å². The van der Waals surface area contributed by atoms with Crippen LogP contribution in [0.25, 0.3) is 0 Å². The SMILES string of the molecule is COc1cc(C)c(C)c(CN=C=O)c1OC. The van der Waals surface area contributed by atoms with E-state index in [0.717, 1.165) is 16.7 Å². The molecule has 0 saturated carbocycles. The van der Waals surface area contributed by atoms with E-state index < -0.39 is 0 Å². The second kappa shape index (κ2) is 5.33.